The van der Waals surface area contributed by atoms with Crippen molar-refractivity contribution in [3.05, 3.63) is 11.1 Å². The van der Waals surface area contributed by atoms with Crippen LogP contribution in [0, 0.1) is 24.7 Å². The molecule has 0 bridgehead atoms. The minimum atomic E-state index is 0.0527. The lowest BCUT2D eigenvalue weighted by Crippen LogP contribution is -2.03. The number of aromatic hydroxyl groups is 2. The average Bonchev–Trinajstić information content (AvgIpc) is 2.70. The van der Waals surface area contributed by atoms with E-state index in [9.17, 15) is 10.2 Å². The van der Waals surface area contributed by atoms with Gasteiger partial charge in [-0.25, -0.2) is 0 Å². The standard InChI is InChI=1S/C26H46O4/c1-8-11-18(2)12-9-13-19(3)14-10-15-20(4)16-17-22-21(5)23(27)25(29-6)26(30-7)24(22)28/h18-20,27-28H,8-17H2,1-7H3. The summed E-state index contributed by atoms with van der Waals surface area (Å²) in [4.78, 5) is 0. The topological polar surface area (TPSA) is 58.9 Å². The Morgan fingerprint density at radius 3 is 1.60 bits per heavy atom. The number of methoxy groups -OCH3 is 2. The third kappa shape index (κ3) is 7.92. The van der Waals surface area contributed by atoms with Crippen molar-refractivity contribution in [2.45, 2.75) is 98.8 Å². The van der Waals surface area contributed by atoms with Crippen molar-refractivity contribution >= 4 is 0 Å². The molecule has 174 valence electrons. The predicted molar refractivity (Wildman–Crippen MR) is 126 cm³/mol. The van der Waals surface area contributed by atoms with Crippen molar-refractivity contribution in [3.8, 4) is 23.0 Å². The van der Waals surface area contributed by atoms with Crippen LogP contribution in [0.1, 0.15) is 96.6 Å². The Morgan fingerprint density at radius 2 is 1.13 bits per heavy atom. The van der Waals surface area contributed by atoms with Crippen molar-refractivity contribution in [1.82, 2.24) is 0 Å². The number of phenolic OH excluding ortho intramolecular Hbond substituents is 2. The maximum Gasteiger partial charge on any atom is 0.207 e. The van der Waals surface area contributed by atoms with E-state index < -0.39 is 0 Å². The van der Waals surface area contributed by atoms with Crippen molar-refractivity contribution in [2.75, 3.05) is 14.2 Å². The summed E-state index contributed by atoms with van der Waals surface area (Å²) in [7, 11) is 2.94. The van der Waals surface area contributed by atoms with Gasteiger partial charge in [0, 0.05) is 11.1 Å². The third-order valence-corrected chi connectivity index (χ3v) is 6.59. The van der Waals surface area contributed by atoms with Crippen LogP contribution in [0.2, 0.25) is 0 Å². The van der Waals surface area contributed by atoms with Crippen molar-refractivity contribution < 1.29 is 19.7 Å². The molecule has 30 heavy (non-hydrogen) atoms. The molecule has 4 nitrogen and oxygen atoms in total. The first-order valence-corrected chi connectivity index (χ1v) is 11.9. The fourth-order valence-electron chi connectivity index (χ4n) is 4.47. The molecule has 0 aliphatic heterocycles. The summed E-state index contributed by atoms with van der Waals surface area (Å²) in [6, 6.07) is 0. The van der Waals surface area contributed by atoms with Crippen molar-refractivity contribution in [2.24, 2.45) is 17.8 Å². The third-order valence-electron chi connectivity index (χ3n) is 6.59. The quantitative estimate of drug-likeness (QED) is 0.289. The minimum absolute atomic E-state index is 0.0527. The molecule has 1 aromatic rings. The van der Waals surface area contributed by atoms with Crippen molar-refractivity contribution in [1.29, 1.82) is 0 Å². The summed E-state index contributed by atoms with van der Waals surface area (Å²) in [5.41, 5.74) is 1.43. The first kappa shape index (κ1) is 26.5. The molecule has 0 saturated heterocycles. The van der Waals surface area contributed by atoms with E-state index in [4.69, 9.17) is 9.47 Å². The monoisotopic (exact) mass is 422 g/mol. The van der Waals surface area contributed by atoms with Crippen LogP contribution in [0.3, 0.4) is 0 Å². The number of benzene rings is 1. The lowest BCUT2D eigenvalue weighted by atomic mass is 9.90. The zero-order chi connectivity index (χ0) is 22.7. The van der Waals surface area contributed by atoms with E-state index in [2.05, 4.69) is 27.7 Å². The van der Waals surface area contributed by atoms with Crippen molar-refractivity contribution in [3.63, 3.8) is 0 Å². The van der Waals surface area contributed by atoms with Gasteiger partial charge in [-0.1, -0.05) is 79.1 Å². The molecule has 3 unspecified atom stereocenters. The number of phenols is 2. The van der Waals surface area contributed by atoms with E-state index in [0.29, 0.717) is 11.5 Å². The zero-order valence-electron chi connectivity index (χ0n) is 20.5. The van der Waals surface area contributed by atoms with Crippen LogP contribution >= 0.6 is 0 Å². The van der Waals surface area contributed by atoms with Crippen LogP contribution < -0.4 is 9.47 Å². The molecule has 4 heteroatoms. The lowest BCUT2D eigenvalue weighted by Gasteiger charge is -2.19. The zero-order valence-corrected chi connectivity index (χ0v) is 20.5. The molecule has 0 saturated carbocycles. The average molecular weight is 423 g/mol. The highest BCUT2D eigenvalue weighted by Gasteiger charge is 2.23. The van der Waals surface area contributed by atoms with E-state index in [1.165, 1.54) is 65.6 Å². The van der Waals surface area contributed by atoms with Crippen LogP contribution in [0.25, 0.3) is 0 Å². The van der Waals surface area contributed by atoms with E-state index in [1.807, 2.05) is 6.92 Å². The fourth-order valence-corrected chi connectivity index (χ4v) is 4.47. The van der Waals surface area contributed by atoms with E-state index in [1.54, 1.807) is 0 Å². The summed E-state index contributed by atoms with van der Waals surface area (Å²) in [5.74, 6) is 2.81. The minimum Gasteiger partial charge on any atom is -0.504 e. The molecule has 0 radical (unpaired) electrons. The van der Waals surface area contributed by atoms with E-state index >= 15 is 0 Å². The molecule has 0 aliphatic carbocycles. The first-order chi connectivity index (χ1) is 14.3. The molecule has 0 heterocycles. The molecule has 0 aliphatic rings. The Morgan fingerprint density at radius 1 is 0.700 bits per heavy atom. The van der Waals surface area contributed by atoms with Gasteiger partial charge < -0.3 is 19.7 Å². The van der Waals surface area contributed by atoms with Crippen LogP contribution in [-0.2, 0) is 6.42 Å². The Balaban J connectivity index is 2.45. The van der Waals surface area contributed by atoms with Gasteiger partial charge in [0.05, 0.1) is 14.2 Å². The van der Waals surface area contributed by atoms with Gasteiger partial charge in [-0.3, -0.25) is 0 Å². The Kier molecular flexibility index (Phi) is 12.1. The maximum absolute atomic E-state index is 10.6. The second-order valence-corrected chi connectivity index (χ2v) is 9.37. The molecular weight excluding hydrogens is 376 g/mol. The van der Waals surface area contributed by atoms with Gasteiger partial charge in [-0.15, -0.1) is 0 Å². The molecule has 1 aromatic carbocycles. The van der Waals surface area contributed by atoms with Gasteiger partial charge in [0.15, 0.2) is 11.5 Å². The van der Waals surface area contributed by atoms with Gasteiger partial charge in [0.25, 0.3) is 0 Å². The smallest absolute Gasteiger partial charge is 0.207 e. The van der Waals surface area contributed by atoms with Crippen LogP contribution in [0.5, 0.6) is 23.0 Å². The summed E-state index contributed by atoms with van der Waals surface area (Å²) < 4.78 is 10.5. The second kappa shape index (κ2) is 13.7. The Bertz CT molecular complexity index is 626. The van der Waals surface area contributed by atoms with Crippen LogP contribution in [0.15, 0.2) is 0 Å². The molecular formula is C26H46O4. The molecule has 1 rings (SSSR count). The van der Waals surface area contributed by atoms with Gasteiger partial charge in [-0.2, -0.15) is 0 Å². The number of hydrogen-bond acceptors (Lipinski definition) is 4. The summed E-state index contributed by atoms with van der Waals surface area (Å²) in [6.07, 6.45) is 12.2. The molecule has 3 atom stereocenters. The highest BCUT2D eigenvalue weighted by Crippen LogP contribution is 2.48. The molecule has 0 spiro atoms. The van der Waals surface area contributed by atoms with E-state index in [-0.39, 0.29) is 23.0 Å². The number of rotatable bonds is 15. The molecule has 0 fully saturated rings. The van der Waals surface area contributed by atoms with Gasteiger partial charge in [-0.05, 0) is 37.5 Å². The molecule has 0 aromatic heterocycles. The highest BCUT2D eigenvalue weighted by atomic mass is 16.5. The van der Waals surface area contributed by atoms with Gasteiger partial charge in [0.2, 0.25) is 11.5 Å². The van der Waals surface area contributed by atoms with Gasteiger partial charge >= 0.3 is 0 Å². The highest BCUT2D eigenvalue weighted by molar-refractivity contribution is 5.65. The predicted octanol–water partition coefficient (Wildman–Crippen LogP) is 7.41. The summed E-state index contributed by atoms with van der Waals surface area (Å²) in [6.45, 7) is 11.2. The lowest BCUT2D eigenvalue weighted by molar-refractivity contribution is 0.313. The van der Waals surface area contributed by atoms with Crippen LogP contribution in [0.4, 0.5) is 0 Å². The molecule has 0 amide bonds. The molecule has 2 N–H and O–H groups in total. The Labute approximate surface area is 185 Å². The first-order valence-electron chi connectivity index (χ1n) is 11.9. The largest absolute Gasteiger partial charge is 0.504 e. The second-order valence-electron chi connectivity index (χ2n) is 9.37. The fraction of sp³-hybridized carbons (Fsp3) is 0.769. The normalized spacial score (nSPS) is 14.4. The summed E-state index contributed by atoms with van der Waals surface area (Å²) in [5, 5.41) is 21.0. The number of ether oxygens (including phenoxy) is 2. The van der Waals surface area contributed by atoms with Crippen LogP contribution in [-0.4, -0.2) is 24.4 Å². The number of hydrogen-bond donors (Lipinski definition) is 2. The maximum atomic E-state index is 10.6. The summed E-state index contributed by atoms with van der Waals surface area (Å²) >= 11 is 0. The van der Waals surface area contributed by atoms with E-state index in [0.717, 1.165) is 30.2 Å². The SMILES string of the molecule is CCCC(C)CCCC(C)CCCC(C)CCc1c(C)c(O)c(OC)c(OC)c1O. The Hall–Kier alpha value is -1.58. The van der Waals surface area contributed by atoms with Gasteiger partial charge in [0.1, 0.15) is 0 Å².